The standard InChI is InChI=1S/C10H12ClNO2/c1-7-8(11)3-2-4-9(7)12-6-5-10(13)14/h2-4,12H,5-6H2,1H3,(H,13,14). The first kappa shape index (κ1) is 10.9. The Balaban J connectivity index is 2.59. The molecule has 2 N–H and O–H groups in total. The maximum Gasteiger partial charge on any atom is 0.305 e. The zero-order valence-electron chi connectivity index (χ0n) is 7.88. The summed E-state index contributed by atoms with van der Waals surface area (Å²) in [6, 6.07) is 5.51. The molecule has 0 spiro atoms. The molecular formula is C10H12ClNO2. The van der Waals surface area contributed by atoms with Gasteiger partial charge in [-0.1, -0.05) is 17.7 Å². The molecule has 0 radical (unpaired) electrons. The molecule has 3 nitrogen and oxygen atoms in total. The van der Waals surface area contributed by atoms with E-state index in [4.69, 9.17) is 16.7 Å². The Bertz CT molecular complexity index is 339. The third-order valence-corrected chi connectivity index (χ3v) is 2.33. The minimum atomic E-state index is -0.808. The normalized spacial score (nSPS) is 9.86. The molecule has 0 amide bonds. The average Bonchev–Trinajstić information content (AvgIpc) is 2.12. The van der Waals surface area contributed by atoms with Crippen LogP contribution in [-0.2, 0) is 4.79 Å². The van der Waals surface area contributed by atoms with Gasteiger partial charge in [-0.3, -0.25) is 4.79 Å². The third kappa shape index (κ3) is 2.92. The van der Waals surface area contributed by atoms with Crippen LogP contribution in [0.2, 0.25) is 5.02 Å². The molecule has 76 valence electrons. The first-order valence-electron chi connectivity index (χ1n) is 4.32. The first-order chi connectivity index (χ1) is 6.61. The summed E-state index contributed by atoms with van der Waals surface area (Å²) in [5, 5.41) is 12.2. The number of carbonyl (C=O) groups is 1. The van der Waals surface area contributed by atoms with Gasteiger partial charge in [0.1, 0.15) is 0 Å². The zero-order valence-corrected chi connectivity index (χ0v) is 8.64. The van der Waals surface area contributed by atoms with Gasteiger partial charge in [-0.2, -0.15) is 0 Å². The van der Waals surface area contributed by atoms with E-state index in [2.05, 4.69) is 5.32 Å². The number of hydrogen-bond donors (Lipinski definition) is 2. The molecular weight excluding hydrogens is 202 g/mol. The Labute approximate surface area is 87.7 Å². The Morgan fingerprint density at radius 2 is 2.29 bits per heavy atom. The van der Waals surface area contributed by atoms with Crippen molar-refractivity contribution in [2.45, 2.75) is 13.3 Å². The van der Waals surface area contributed by atoms with Crippen LogP contribution in [0.25, 0.3) is 0 Å². The van der Waals surface area contributed by atoms with Gasteiger partial charge >= 0.3 is 5.97 Å². The summed E-state index contributed by atoms with van der Waals surface area (Å²) in [7, 11) is 0. The van der Waals surface area contributed by atoms with Crippen LogP contribution in [0.1, 0.15) is 12.0 Å². The Hall–Kier alpha value is -1.22. The van der Waals surface area contributed by atoms with Crippen molar-refractivity contribution >= 4 is 23.3 Å². The summed E-state index contributed by atoms with van der Waals surface area (Å²) in [6.45, 7) is 2.31. The molecule has 0 fully saturated rings. The van der Waals surface area contributed by atoms with E-state index >= 15 is 0 Å². The fourth-order valence-electron chi connectivity index (χ4n) is 1.10. The van der Waals surface area contributed by atoms with Crippen molar-refractivity contribution in [2.24, 2.45) is 0 Å². The zero-order chi connectivity index (χ0) is 10.6. The van der Waals surface area contributed by atoms with Crippen LogP contribution < -0.4 is 5.32 Å². The molecule has 0 aliphatic rings. The van der Waals surface area contributed by atoms with Gasteiger partial charge in [-0.15, -0.1) is 0 Å². The second kappa shape index (κ2) is 4.86. The lowest BCUT2D eigenvalue weighted by molar-refractivity contribution is -0.136. The van der Waals surface area contributed by atoms with E-state index in [1.807, 2.05) is 19.1 Å². The van der Waals surface area contributed by atoms with Gasteiger partial charge in [0.2, 0.25) is 0 Å². The van der Waals surface area contributed by atoms with E-state index in [9.17, 15) is 4.79 Å². The van der Waals surface area contributed by atoms with Crippen LogP contribution in [0.15, 0.2) is 18.2 Å². The van der Waals surface area contributed by atoms with Crippen molar-refractivity contribution in [3.05, 3.63) is 28.8 Å². The minimum absolute atomic E-state index is 0.103. The summed E-state index contributed by atoms with van der Waals surface area (Å²) < 4.78 is 0. The van der Waals surface area contributed by atoms with Gasteiger partial charge < -0.3 is 10.4 Å². The fraction of sp³-hybridized carbons (Fsp3) is 0.300. The Kier molecular flexibility index (Phi) is 3.77. The van der Waals surface area contributed by atoms with Gasteiger partial charge in [-0.05, 0) is 24.6 Å². The number of rotatable bonds is 4. The predicted molar refractivity (Wildman–Crippen MR) is 56.9 cm³/mol. The summed E-state index contributed by atoms with van der Waals surface area (Å²) in [4.78, 5) is 10.3. The first-order valence-corrected chi connectivity index (χ1v) is 4.70. The summed E-state index contributed by atoms with van der Waals surface area (Å²) in [6.07, 6.45) is 0.103. The molecule has 0 unspecified atom stereocenters. The molecule has 0 atom stereocenters. The highest BCUT2D eigenvalue weighted by Gasteiger charge is 2.01. The Morgan fingerprint density at radius 1 is 1.57 bits per heavy atom. The highest BCUT2D eigenvalue weighted by atomic mass is 35.5. The molecule has 0 aromatic heterocycles. The van der Waals surface area contributed by atoms with Gasteiger partial charge in [0.15, 0.2) is 0 Å². The predicted octanol–water partition coefficient (Wildman–Crippen LogP) is 2.54. The summed E-state index contributed by atoms with van der Waals surface area (Å²) in [5.74, 6) is -0.808. The minimum Gasteiger partial charge on any atom is -0.481 e. The van der Waals surface area contributed by atoms with E-state index < -0.39 is 5.97 Å². The summed E-state index contributed by atoms with van der Waals surface area (Å²) >= 11 is 5.90. The molecule has 0 heterocycles. The number of halogens is 1. The van der Waals surface area contributed by atoms with Crippen molar-refractivity contribution in [1.29, 1.82) is 0 Å². The number of carboxylic acid groups (broad SMARTS) is 1. The third-order valence-electron chi connectivity index (χ3n) is 1.92. The lowest BCUT2D eigenvalue weighted by atomic mass is 10.2. The summed E-state index contributed by atoms with van der Waals surface area (Å²) in [5.41, 5.74) is 1.83. The molecule has 0 saturated carbocycles. The number of anilines is 1. The van der Waals surface area contributed by atoms with Gasteiger partial charge in [-0.25, -0.2) is 0 Å². The maximum absolute atomic E-state index is 10.3. The highest BCUT2D eigenvalue weighted by molar-refractivity contribution is 6.31. The molecule has 1 rings (SSSR count). The van der Waals surface area contributed by atoms with E-state index in [0.717, 1.165) is 11.3 Å². The molecule has 0 bridgehead atoms. The van der Waals surface area contributed by atoms with E-state index in [-0.39, 0.29) is 6.42 Å². The monoisotopic (exact) mass is 213 g/mol. The van der Waals surface area contributed by atoms with Gasteiger partial charge in [0.25, 0.3) is 0 Å². The van der Waals surface area contributed by atoms with E-state index in [1.165, 1.54) is 0 Å². The second-order valence-corrected chi connectivity index (χ2v) is 3.39. The van der Waals surface area contributed by atoms with Gasteiger partial charge in [0, 0.05) is 17.3 Å². The smallest absolute Gasteiger partial charge is 0.305 e. The van der Waals surface area contributed by atoms with Crippen LogP contribution in [0.4, 0.5) is 5.69 Å². The molecule has 0 aliphatic carbocycles. The number of nitrogens with one attached hydrogen (secondary N) is 1. The number of carboxylic acids is 1. The SMILES string of the molecule is Cc1c(Cl)cccc1NCCC(=O)O. The van der Waals surface area contributed by atoms with Crippen molar-refractivity contribution in [3.63, 3.8) is 0 Å². The van der Waals surface area contributed by atoms with E-state index in [0.29, 0.717) is 11.6 Å². The van der Waals surface area contributed by atoms with Crippen LogP contribution >= 0.6 is 11.6 Å². The number of hydrogen-bond acceptors (Lipinski definition) is 2. The molecule has 1 aromatic carbocycles. The number of aliphatic carboxylic acids is 1. The van der Waals surface area contributed by atoms with Crippen molar-refractivity contribution in [1.82, 2.24) is 0 Å². The highest BCUT2D eigenvalue weighted by Crippen LogP contribution is 2.22. The molecule has 4 heteroatoms. The van der Waals surface area contributed by atoms with Crippen LogP contribution in [-0.4, -0.2) is 17.6 Å². The lowest BCUT2D eigenvalue weighted by Gasteiger charge is -2.08. The molecule has 1 aromatic rings. The molecule has 14 heavy (non-hydrogen) atoms. The Morgan fingerprint density at radius 3 is 2.93 bits per heavy atom. The van der Waals surface area contributed by atoms with Crippen molar-refractivity contribution in [2.75, 3.05) is 11.9 Å². The quantitative estimate of drug-likeness (QED) is 0.808. The van der Waals surface area contributed by atoms with Crippen LogP contribution in [0.3, 0.4) is 0 Å². The maximum atomic E-state index is 10.3. The second-order valence-electron chi connectivity index (χ2n) is 2.98. The van der Waals surface area contributed by atoms with Crippen molar-refractivity contribution in [3.8, 4) is 0 Å². The number of benzene rings is 1. The van der Waals surface area contributed by atoms with E-state index in [1.54, 1.807) is 6.07 Å². The average molecular weight is 214 g/mol. The topological polar surface area (TPSA) is 49.3 Å². The lowest BCUT2D eigenvalue weighted by Crippen LogP contribution is -2.08. The fourth-order valence-corrected chi connectivity index (χ4v) is 1.28. The van der Waals surface area contributed by atoms with Crippen LogP contribution in [0, 0.1) is 6.92 Å². The molecule has 0 aliphatic heterocycles. The molecule has 0 saturated heterocycles. The van der Waals surface area contributed by atoms with Crippen molar-refractivity contribution < 1.29 is 9.90 Å². The largest absolute Gasteiger partial charge is 0.481 e. The van der Waals surface area contributed by atoms with Gasteiger partial charge in [0.05, 0.1) is 6.42 Å². The van der Waals surface area contributed by atoms with Crippen LogP contribution in [0.5, 0.6) is 0 Å².